The molecule has 0 saturated carbocycles. The fourth-order valence-corrected chi connectivity index (χ4v) is 1.72. The second-order valence-electron chi connectivity index (χ2n) is 4.77. The van der Waals surface area contributed by atoms with Crippen LogP contribution in [0.2, 0.25) is 0 Å². The predicted octanol–water partition coefficient (Wildman–Crippen LogP) is 0.785. The molecule has 1 amide bonds. The number of nitrogens with two attached hydrogens (primary N) is 1. The third kappa shape index (κ3) is 4.31. The van der Waals surface area contributed by atoms with Gasteiger partial charge in [-0.2, -0.15) is 0 Å². The lowest BCUT2D eigenvalue weighted by Gasteiger charge is -2.28. The molecule has 2 unspecified atom stereocenters. The molecule has 1 rings (SSSR count). The van der Waals surface area contributed by atoms with Gasteiger partial charge < -0.3 is 16.2 Å². The molecule has 2 atom stereocenters. The molecule has 1 aromatic carbocycles. The molecule has 0 spiro atoms. The molecule has 19 heavy (non-hydrogen) atoms. The van der Waals surface area contributed by atoms with Crippen molar-refractivity contribution in [2.24, 2.45) is 5.73 Å². The number of nitrogens with one attached hydrogen (secondary N) is 1. The molecule has 0 bridgehead atoms. The highest BCUT2D eigenvalue weighted by Crippen LogP contribution is 2.12. The fourth-order valence-electron chi connectivity index (χ4n) is 1.72. The molecule has 106 valence electrons. The maximum Gasteiger partial charge on any atom is 0.241 e. The molecule has 4 N–H and O–H groups in total. The number of benzene rings is 1. The summed E-state index contributed by atoms with van der Waals surface area (Å²) < 4.78 is 0. The van der Waals surface area contributed by atoms with Crippen LogP contribution in [0, 0.1) is 0 Å². The maximum absolute atomic E-state index is 12.1. The van der Waals surface area contributed by atoms with E-state index < -0.39 is 0 Å². The van der Waals surface area contributed by atoms with Crippen LogP contribution in [-0.2, 0) is 11.3 Å². The van der Waals surface area contributed by atoms with Crippen molar-refractivity contribution >= 4 is 11.6 Å². The summed E-state index contributed by atoms with van der Waals surface area (Å²) in [6, 6.07) is 7.10. The van der Waals surface area contributed by atoms with Crippen molar-refractivity contribution < 1.29 is 9.90 Å². The van der Waals surface area contributed by atoms with Crippen molar-refractivity contribution in [3.05, 3.63) is 29.8 Å². The Balaban J connectivity index is 2.68. The van der Waals surface area contributed by atoms with Crippen molar-refractivity contribution in [1.29, 1.82) is 0 Å². The van der Waals surface area contributed by atoms with E-state index in [0.717, 1.165) is 11.3 Å². The van der Waals surface area contributed by atoms with Gasteiger partial charge in [-0.1, -0.05) is 12.1 Å². The molecule has 5 heteroatoms. The van der Waals surface area contributed by atoms with Crippen LogP contribution in [0.15, 0.2) is 24.3 Å². The van der Waals surface area contributed by atoms with Gasteiger partial charge in [-0.3, -0.25) is 9.69 Å². The third-order valence-corrected chi connectivity index (χ3v) is 3.38. The van der Waals surface area contributed by atoms with E-state index in [1.807, 2.05) is 50.1 Å². The Bertz CT molecular complexity index is 423. The predicted molar refractivity (Wildman–Crippen MR) is 76.7 cm³/mol. The lowest BCUT2D eigenvalue weighted by molar-refractivity contribution is -0.121. The first-order chi connectivity index (χ1) is 8.99. The van der Waals surface area contributed by atoms with Gasteiger partial charge in [0.25, 0.3) is 0 Å². The molecule has 1 aromatic rings. The Morgan fingerprint density at radius 1 is 1.47 bits per heavy atom. The number of nitrogens with zero attached hydrogens (tertiary/aromatic N) is 1. The number of carbonyl (C=O) groups is 1. The number of likely N-dealkylation sites (N-methyl/N-ethyl adjacent to an activating group) is 1. The first kappa shape index (κ1) is 15.6. The highest BCUT2D eigenvalue weighted by atomic mass is 16.3. The summed E-state index contributed by atoms with van der Waals surface area (Å²) in [5.74, 6) is -0.100. The zero-order valence-electron chi connectivity index (χ0n) is 11.8. The van der Waals surface area contributed by atoms with Crippen LogP contribution < -0.4 is 11.1 Å². The molecule has 0 fully saturated rings. The van der Waals surface area contributed by atoms with Gasteiger partial charge in [0, 0.05) is 18.3 Å². The second kappa shape index (κ2) is 7.23. The topological polar surface area (TPSA) is 78.6 Å². The summed E-state index contributed by atoms with van der Waals surface area (Å²) in [7, 11) is 1.82. The molecule has 0 radical (unpaired) electrons. The van der Waals surface area contributed by atoms with Crippen LogP contribution in [0.1, 0.15) is 19.4 Å². The Hall–Kier alpha value is -1.43. The molecule has 0 aliphatic rings. The molecule has 5 nitrogen and oxygen atoms in total. The number of aliphatic hydroxyl groups is 1. The van der Waals surface area contributed by atoms with Gasteiger partial charge >= 0.3 is 0 Å². The van der Waals surface area contributed by atoms with Gasteiger partial charge in [-0.25, -0.2) is 0 Å². The van der Waals surface area contributed by atoms with Gasteiger partial charge in [0.1, 0.15) is 0 Å². The normalized spacial score (nSPS) is 14.2. The second-order valence-corrected chi connectivity index (χ2v) is 4.77. The van der Waals surface area contributed by atoms with Gasteiger partial charge in [-0.15, -0.1) is 0 Å². The number of amides is 1. The van der Waals surface area contributed by atoms with E-state index >= 15 is 0 Å². The number of rotatable bonds is 6. The van der Waals surface area contributed by atoms with Gasteiger partial charge in [0.05, 0.1) is 12.6 Å². The van der Waals surface area contributed by atoms with Crippen molar-refractivity contribution in [2.75, 3.05) is 19.0 Å². The largest absolute Gasteiger partial charge is 0.395 e. The lowest BCUT2D eigenvalue weighted by Crippen LogP contribution is -2.45. The average Bonchev–Trinajstić information content (AvgIpc) is 2.44. The Morgan fingerprint density at radius 2 is 2.16 bits per heavy atom. The molecule has 0 aliphatic carbocycles. The summed E-state index contributed by atoms with van der Waals surface area (Å²) in [6.07, 6.45) is 0. The Labute approximate surface area is 114 Å². The molecular formula is C14H23N3O2. The van der Waals surface area contributed by atoms with Gasteiger partial charge in [0.15, 0.2) is 0 Å². The minimum absolute atomic E-state index is 0.0246. The van der Waals surface area contributed by atoms with Crippen LogP contribution >= 0.6 is 0 Å². The number of carbonyl (C=O) groups excluding carboxylic acids is 1. The van der Waals surface area contributed by atoms with E-state index in [-0.39, 0.29) is 24.6 Å². The van der Waals surface area contributed by atoms with E-state index in [0.29, 0.717) is 6.54 Å². The van der Waals surface area contributed by atoms with E-state index in [2.05, 4.69) is 5.32 Å². The maximum atomic E-state index is 12.1. The van der Waals surface area contributed by atoms with Gasteiger partial charge in [-0.05, 0) is 38.6 Å². The summed E-state index contributed by atoms with van der Waals surface area (Å²) in [5, 5.41) is 12.0. The van der Waals surface area contributed by atoms with E-state index in [9.17, 15) is 4.79 Å². The highest BCUT2D eigenvalue weighted by molar-refractivity contribution is 5.94. The van der Waals surface area contributed by atoms with E-state index in [4.69, 9.17) is 10.8 Å². The van der Waals surface area contributed by atoms with Crippen LogP contribution in [0.3, 0.4) is 0 Å². The van der Waals surface area contributed by atoms with Crippen molar-refractivity contribution in [1.82, 2.24) is 4.90 Å². The SMILES string of the molecule is CC(CO)N(C)C(C)C(=O)Nc1cccc(CN)c1. The van der Waals surface area contributed by atoms with Crippen LogP contribution in [0.25, 0.3) is 0 Å². The van der Waals surface area contributed by atoms with Crippen LogP contribution in [-0.4, -0.2) is 41.7 Å². The third-order valence-electron chi connectivity index (χ3n) is 3.38. The Morgan fingerprint density at radius 3 is 2.74 bits per heavy atom. The highest BCUT2D eigenvalue weighted by Gasteiger charge is 2.21. The monoisotopic (exact) mass is 265 g/mol. The average molecular weight is 265 g/mol. The molecular weight excluding hydrogens is 242 g/mol. The minimum Gasteiger partial charge on any atom is -0.395 e. The minimum atomic E-state index is -0.316. The zero-order valence-corrected chi connectivity index (χ0v) is 11.8. The summed E-state index contributed by atoms with van der Waals surface area (Å²) >= 11 is 0. The smallest absolute Gasteiger partial charge is 0.241 e. The van der Waals surface area contributed by atoms with E-state index in [1.54, 1.807) is 0 Å². The standard InChI is InChI=1S/C14H23N3O2/c1-10(9-18)17(3)11(2)14(19)16-13-6-4-5-12(7-13)8-15/h4-7,10-11,18H,8-9,15H2,1-3H3,(H,16,19). The molecule has 0 heterocycles. The zero-order chi connectivity index (χ0) is 14.4. The van der Waals surface area contributed by atoms with Crippen LogP contribution in [0.5, 0.6) is 0 Å². The van der Waals surface area contributed by atoms with E-state index in [1.165, 1.54) is 0 Å². The van der Waals surface area contributed by atoms with Crippen LogP contribution in [0.4, 0.5) is 5.69 Å². The molecule has 0 saturated heterocycles. The lowest BCUT2D eigenvalue weighted by atomic mass is 10.2. The first-order valence-electron chi connectivity index (χ1n) is 6.42. The summed E-state index contributed by atoms with van der Waals surface area (Å²) in [5.41, 5.74) is 7.28. The van der Waals surface area contributed by atoms with Gasteiger partial charge in [0.2, 0.25) is 5.91 Å². The van der Waals surface area contributed by atoms with Crippen molar-refractivity contribution in [2.45, 2.75) is 32.5 Å². The quantitative estimate of drug-likeness (QED) is 0.710. The van der Waals surface area contributed by atoms with Crippen molar-refractivity contribution in [3.8, 4) is 0 Å². The molecule has 0 aliphatic heterocycles. The molecule has 0 aromatic heterocycles. The number of aliphatic hydroxyl groups excluding tert-OH is 1. The number of hydrogen-bond acceptors (Lipinski definition) is 4. The Kier molecular flexibility index (Phi) is 5.95. The number of anilines is 1. The summed E-state index contributed by atoms with van der Waals surface area (Å²) in [4.78, 5) is 13.9. The number of hydrogen-bond donors (Lipinski definition) is 3. The first-order valence-corrected chi connectivity index (χ1v) is 6.42. The summed E-state index contributed by atoms with van der Waals surface area (Å²) in [6.45, 7) is 4.16. The fraction of sp³-hybridized carbons (Fsp3) is 0.500. The van der Waals surface area contributed by atoms with Crippen molar-refractivity contribution in [3.63, 3.8) is 0 Å².